The van der Waals surface area contributed by atoms with Gasteiger partial charge in [0.1, 0.15) is 0 Å². The molecule has 1 aromatic carbocycles. The Labute approximate surface area is 112 Å². The van der Waals surface area contributed by atoms with E-state index in [1.165, 1.54) is 12.1 Å². The fraction of sp³-hybridized carbons (Fsp3) is 0. The number of nitro groups is 1. The minimum absolute atomic E-state index is 0. The van der Waals surface area contributed by atoms with Crippen LogP contribution in [0.3, 0.4) is 0 Å². The van der Waals surface area contributed by atoms with E-state index in [1.54, 1.807) is 0 Å². The standard InChI is InChI=1S/C7H4ClNO3S.Na/c8-7(10)4-1-2-6(13)5(3-4)9(11)12;/h1-3,13H;. The topological polar surface area (TPSA) is 60.2 Å². The number of benzene rings is 1. The summed E-state index contributed by atoms with van der Waals surface area (Å²) in [5.74, 6) is 0. The fourth-order valence-electron chi connectivity index (χ4n) is 0.792. The van der Waals surface area contributed by atoms with E-state index >= 15 is 0 Å². The molecule has 0 heterocycles. The molecule has 0 saturated heterocycles. The monoisotopic (exact) mass is 240 g/mol. The quantitative estimate of drug-likeness (QED) is 0.282. The van der Waals surface area contributed by atoms with E-state index in [0.29, 0.717) is 0 Å². The Morgan fingerprint density at radius 2 is 2.07 bits per heavy atom. The third kappa shape index (κ3) is 3.25. The maximum Gasteiger partial charge on any atom is 0.283 e. The predicted molar refractivity (Wildman–Crippen MR) is 56.3 cm³/mol. The van der Waals surface area contributed by atoms with Gasteiger partial charge >= 0.3 is 0 Å². The van der Waals surface area contributed by atoms with Gasteiger partial charge in [-0.05, 0) is 23.7 Å². The zero-order valence-corrected chi connectivity index (χ0v) is 10.9. The second-order valence-corrected chi connectivity index (χ2v) is 3.06. The average molecular weight is 241 g/mol. The number of carbonyl (C=O) groups excluding carboxylic acids is 1. The van der Waals surface area contributed by atoms with Crippen LogP contribution in [0, 0.1) is 10.1 Å². The summed E-state index contributed by atoms with van der Waals surface area (Å²) in [6.07, 6.45) is 0. The normalized spacial score (nSPS) is 9.00. The van der Waals surface area contributed by atoms with Crippen LogP contribution in [-0.2, 0) is 0 Å². The van der Waals surface area contributed by atoms with Crippen LogP contribution in [0.5, 0.6) is 0 Å². The van der Waals surface area contributed by atoms with Crippen LogP contribution in [0.25, 0.3) is 0 Å². The van der Waals surface area contributed by atoms with Crippen LogP contribution < -0.4 is 0 Å². The van der Waals surface area contributed by atoms with Crippen LogP contribution in [0.4, 0.5) is 5.69 Å². The zero-order chi connectivity index (χ0) is 10.0. The number of rotatable bonds is 2. The summed E-state index contributed by atoms with van der Waals surface area (Å²) in [6, 6.07) is 3.83. The van der Waals surface area contributed by atoms with Gasteiger partial charge in [-0.1, -0.05) is 0 Å². The number of hydrogen-bond acceptors (Lipinski definition) is 4. The van der Waals surface area contributed by atoms with E-state index in [4.69, 9.17) is 11.6 Å². The summed E-state index contributed by atoms with van der Waals surface area (Å²) in [5, 5.41) is 9.67. The molecule has 0 aromatic heterocycles. The molecule has 7 heteroatoms. The van der Waals surface area contributed by atoms with Crippen molar-refractivity contribution in [2.24, 2.45) is 0 Å². The van der Waals surface area contributed by atoms with Crippen molar-refractivity contribution in [3.63, 3.8) is 0 Å². The summed E-state index contributed by atoms with van der Waals surface area (Å²) in [6.45, 7) is 0. The van der Waals surface area contributed by atoms with E-state index in [1.807, 2.05) is 0 Å². The fourth-order valence-corrected chi connectivity index (χ4v) is 1.13. The van der Waals surface area contributed by atoms with Crippen molar-refractivity contribution < 1.29 is 9.72 Å². The molecular weight excluding hydrogens is 237 g/mol. The van der Waals surface area contributed by atoms with E-state index in [-0.39, 0.29) is 45.7 Å². The smallest absolute Gasteiger partial charge is 0.276 e. The Bertz CT molecular complexity index is 385. The second-order valence-electron chi connectivity index (χ2n) is 2.23. The Kier molecular flexibility index (Phi) is 5.70. The van der Waals surface area contributed by atoms with Gasteiger partial charge < -0.3 is 0 Å². The van der Waals surface area contributed by atoms with Gasteiger partial charge in [0, 0.05) is 41.2 Å². The van der Waals surface area contributed by atoms with Gasteiger partial charge in [-0.25, -0.2) is 0 Å². The van der Waals surface area contributed by atoms with Gasteiger partial charge in [0.15, 0.2) is 0 Å². The molecule has 0 N–H and O–H groups in total. The van der Waals surface area contributed by atoms with Gasteiger partial charge in [0.25, 0.3) is 10.9 Å². The minimum atomic E-state index is -0.726. The van der Waals surface area contributed by atoms with E-state index < -0.39 is 10.2 Å². The van der Waals surface area contributed by atoms with Crippen molar-refractivity contribution in [2.45, 2.75) is 4.90 Å². The maximum absolute atomic E-state index is 10.6. The van der Waals surface area contributed by atoms with Crippen molar-refractivity contribution in [2.75, 3.05) is 0 Å². The molecule has 4 nitrogen and oxygen atoms in total. The second kappa shape index (κ2) is 5.72. The Balaban J connectivity index is 0.00000169. The molecule has 0 fully saturated rings. The number of hydrogen-bond donors (Lipinski definition) is 1. The van der Waals surface area contributed by atoms with Crippen molar-refractivity contribution in [3.8, 4) is 0 Å². The number of carbonyl (C=O) groups is 1. The molecule has 0 bridgehead atoms. The molecule has 0 unspecified atom stereocenters. The molecule has 0 atom stereocenters. The molecular formula is C7H4ClNNaO3S. The van der Waals surface area contributed by atoms with Crippen LogP contribution in [0.2, 0.25) is 0 Å². The molecule has 0 amide bonds. The molecule has 0 aliphatic carbocycles. The largest absolute Gasteiger partial charge is 0.283 e. The molecule has 0 aliphatic heterocycles. The molecule has 1 aromatic rings. The minimum Gasteiger partial charge on any atom is -0.276 e. The molecule has 1 radical (unpaired) electrons. The van der Waals surface area contributed by atoms with Crippen LogP contribution in [0.15, 0.2) is 23.1 Å². The molecule has 0 aliphatic rings. The van der Waals surface area contributed by atoms with E-state index in [2.05, 4.69) is 12.6 Å². The zero-order valence-electron chi connectivity index (χ0n) is 7.23. The van der Waals surface area contributed by atoms with Gasteiger partial charge in [0.05, 0.1) is 9.82 Å². The first-order valence-electron chi connectivity index (χ1n) is 3.19. The van der Waals surface area contributed by atoms with Crippen molar-refractivity contribution in [1.82, 2.24) is 0 Å². The number of thiol groups is 1. The third-order valence-corrected chi connectivity index (χ3v) is 2.00. The first-order valence-corrected chi connectivity index (χ1v) is 4.02. The Morgan fingerprint density at radius 3 is 2.50 bits per heavy atom. The molecule has 1 rings (SSSR count). The summed E-state index contributed by atoms with van der Waals surface area (Å²) < 4.78 is 0. The number of nitro benzene ring substituents is 1. The Morgan fingerprint density at radius 1 is 1.50 bits per heavy atom. The third-order valence-electron chi connectivity index (χ3n) is 1.40. The van der Waals surface area contributed by atoms with E-state index in [0.717, 1.165) is 6.07 Å². The van der Waals surface area contributed by atoms with Gasteiger partial charge in [0.2, 0.25) is 0 Å². The van der Waals surface area contributed by atoms with Crippen LogP contribution in [0.1, 0.15) is 10.4 Å². The number of halogens is 1. The molecule has 14 heavy (non-hydrogen) atoms. The van der Waals surface area contributed by atoms with Crippen molar-refractivity contribution >= 4 is 64.7 Å². The summed E-state index contributed by atoms with van der Waals surface area (Å²) >= 11 is 9.00. The average Bonchev–Trinajstić information content (AvgIpc) is 2.04. The van der Waals surface area contributed by atoms with Crippen molar-refractivity contribution in [3.05, 3.63) is 33.9 Å². The van der Waals surface area contributed by atoms with Gasteiger partial charge in [-0.3, -0.25) is 14.9 Å². The molecule has 0 saturated carbocycles. The molecule has 69 valence electrons. The first-order chi connectivity index (χ1) is 6.02. The van der Waals surface area contributed by atoms with Crippen molar-refractivity contribution in [1.29, 1.82) is 0 Å². The summed E-state index contributed by atoms with van der Waals surface area (Å²) in [5.41, 5.74) is -0.138. The first kappa shape index (κ1) is 13.9. The predicted octanol–water partition coefficient (Wildman–Crippen LogP) is 1.88. The maximum atomic E-state index is 10.6. The SMILES string of the molecule is O=C(Cl)c1ccc(S)c([N+](=O)[O-])c1.[Na]. The molecule has 0 spiro atoms. The van der Waals surface area contributed by atoms with Gasteiger partial charge in [-0.2, -0.15) is 0 Å². The number of nitrogens with zero attached hydrogens (tertiary/aromatic N) is 1. The van der Waals surface area contributed by atoms with Crippen LogP contribution >= 0.6 is 24.2 Å². The summed E-state index contributed by atoms with van der Waals surface area (Å²) in [4.78, 5) is 20.6. The van der Waals surface area contributed by atoms with Gasteiger partial charge in [-0.15, -0.1) is 12.6 Å². The van der Waals surface area contributed by atoms with E-state index in [9.17, 15) is 14.9 Å². The van der Waals surface area contributed by atoms with Crippen LogP contribution in [-0.4, -0.2) is 39.7 Å². The Hall–Kier alpha value is -0.0700. The summed E-state index contributed by atoms with van der Waals surface area (Å²) in [7, 11) is 0.